The molecule has 3 rings (SSSR count). The number of nitrogens with two attached hydrogens (primary N) is 1. The monoisotopic (exact) mass is 409 g/mol. The molecule has 9 heteroatoms. The van der Waals surface area contributed by atoms with E-state index in [0.717, 1.165) is 0 Å². The summed E-state index contributed by atoms with van der Waals surface area (Å²) in [6, 6.07) is 5.14. The highest BCUT2D eigenvalue weighted by Crippen LogP contribution is 2.43. The second-order valence-electron chi connectivity index (χ2n) is 8.77. The molecule has 0 saturated carbocycles. The zero-order chi connectivity index (χ0) is 21.0. The van der Waals surface area contributed by atoms with Crippen LogP contribution in [0.3, 0.4) is 0 Å². The van der Waals surface area contributed by atoms with Gasteiger partial charge in [0.05, 0.1) is 17.9 Å². The second kappa shape index (κ2) is 6.37. The molecule has 1 amide bonds. The minimum Gasteiger partial charge on any atom is -0.493 e. The lowest BCUT2D eigenvalue weighted by atomic mass is 9.84. The molecule has 1 aromatic carbocycles. The molecular weight excluding hydrogens is 382 g/mol. The van der Waals surface area contributed by atoms with Gasteiger partial charge < -0.3 is 20.5 Å². The van der Waals surface area contributed by atoms with E-state index in [9.17, 15) is 13.2 Å². The highest BCUT2D eigenvalue weighted by atomic mass is 32.2. The van der Waals surface area contributed by atoms with Gasteiger partial charge in [-0.15, -0.1) is 0 Å². The van der Waals surface area contributed by atoms with Gasteiger partial charge >= 0.3 is 6.09 Å². The van der Waals surface area contributed by atoms with Gasteiger partial charge in [-0.25, -0.2) is 13.2 Å². The molecular formula is C19H27N3O5S. The first-order valence-corrected chi connectivity index (χ1v) is 10.8. The first-order valence-electron chi connectivity index (χ1n) is 9.11. The van der Waals surface area contributed by atoms with Crippen LogP contribution in [0.4, 0.5) is 10.5 Å². The first kappa shape index (κ1) is 20.4. The van der Waals surface area contributed by atoms with Crippen LogP contribution in [0, 0.1) is 0 Å². The molecule has 1 spiro atoms. The molecule has 0 radical (unpaired) electrons. The van der Waals surface area contributed by atoms with Crippen LogP contribution in [-0.2, 0) is 20.1 Å². The molecule has 2 aliphatic rings. The molecule has 1 aromatic rings. The zero-order valence-corrected chi connectivity index (χ0v) is 17.6. The Morgan fingerprint density at radius 2 is 2.00 bits per heavy atom. The number of aliphatic imine (C=N–C) groups is 1. The third kappa shape index (κ3) is 3.55. The number of hydrogen-bond donors (Lipinski definition) is 2. The number of benzene rings is 1. The lowest BCUT2D eigenvalue weighted by Gasteiger charge is -2.47. The Morgan fingerprint density at radius 3 is 2.64 bits per heavy atom. The fraction of sp³-hybridized carbons (Fsp3) is 0.579. The molecule has 0 aliphatic carbocycles. The Balaban J connectivity index is 2.11. The van der Waals surface area contributed by atoms with Gasteiger partial charge in [0, 0.05) is 17.7 Å². The van der Waals surface area contributed by atoms with Gasteiger partial charge in [-0.05, 0) is 52.8 Å². The number of nitrogens with one attached hydrogen (secondary N) is 1. The number of hydrogen-bond acceptors (Lipinski definition) is 6. The van der Waals surface area contributed by atoms with Gasteiger partial charge in [-0.1, -0.05) is 0 Å². The zero-order valence-electron chi connectivity index (χ0n) is 16.8. The summed E-state index contributed by atoms with van der Waals surface area (Å²) in [5, 5.41) is 3.25. The van der Waals surface area contributed by atoms with Crippen molar-refractivity contribution in [3.8, 4) is 5.75 Å². The van der Waals surface area contributed by atoms with Crippen molar-refractivity contribution >= 4 is 27.5 Å². The maximum atomic E-state index is 13.2. The summed E-state index contributed by atoms with van der Waals surface area (Å²) in [6.07, 6.45) is -0.443. The van der Waals surface area contributed by atoms with Gasteiger partial charge in [0.15, 0.2) is 9.84 Å². The van der Waals surface area contributed by atoms with E-state index in [1.54, 1.807) is 39.0 Å². The maximum absolute atomic E-state index is 13.2. The smallest absolute Gasteiger partial charge is 0.435 e. The summed E-state index contributed by atoms with van der Waals surface area (Å²) in [7, 11) is -3.66. The summed E-state index contributed by atoms with van der Waals surface area (Å²) < 4.78 is 36.0. The highest BCUT2D eigenvalue weighted by Gasteiger charge is 2.55. The lowest BCUT2D eigenvalue weighted by Crippen LogP contribution is -2.66. The molecule has 3 N–H and O–H groups in total. The van der Waals surface area contributed by atoms with Crippen LogP contribution in [0.5, 0.6) is 5.75 Å². The van der Waals surface area contributed by atoms with Crippen molar-refractivity contribution in [2.24, 2.45) is 4.99 Å². The minimum absolute atomic E-state index is 0.0586. The quantitative estimate of drug-likeness (QED) is 0.631. The third-order valence-electron chi connectivity index (χ3n) is 5.04. The van der Waals surface area contributed by atoms with Crippen LogP contribution >= 0.6 is 0 Å². The molecule has 1 atom stereocenters. The van der Waals surface area contributed by atoms with E-state index in [0.29, 0.717) is 30.0 Å². The Bertz CT molecular complexity index is 947. The Hall–Kier alpha value is -2.29. The predicted octanol–water partition coefficient (Wildman–Crippen LogP) is 2.38. The van der Waals surface area contributed by atoms with Crippen molar-refractivity contribution in [3.63, 3.8) is 0 Å². The Kier molecular flexibility index (Phi) is 4.65. The largest absolute Gasteiger partial charge is 0.493 e. The minimum atomic E-state index is -3.66. The highest BCUT2D eigenvalue weighted by molar-refractivity contribution is 7.93. The van der Waals surface area contributed by atoms with Crippen molar-refractivity contribution in [1.29, 1.82) is 0 Å². The molecule has 28 heavy (non-hydrogen) atoms. The number of nitrogen functional groups attached to an aromatic ring is 1. The lowest BCUT2D eigenvalue weighted by molar-refractivity contribution is 0.0602. The van der Waals surface area contributed by atoms with Crippen molar-refractivity contribution in [3.05, 3.63) is 23.8 Å². The van der Waals surface area contributed by atoms with E-state index >= 15 is 0 Å². The fourth-order valence-corrected chi connectivity index (χ4v) is 5.17. The average Bonchev–Trinajstić information content (AvgIpc) is 2.51. The Morgan fingerprint density at radius 1 is 1.32 bits per heavy atom. The fourth-order valence-electron chi connectivity index (χ4n) is 3.40. The van der Waals surface area contributed by atoms with Gasteiger partial charge in [-0.2, -0.15) is 4.99 Å². The van der Waals surface area contributed by atoms with Crippen LogP contribution in [0.15, 0.2) is 23.2 Å². The van der Waals surface area contributed by atoms with Gasteiger partial charge in [0.1, 0.15) is 21.9 Å². The van der Waals surface area contributed by atoms with Crippen LogP contribution in [0.2, 0.25) is 0 Å². The van der Waals surface area contributed by atoms with E-state index < -0.39 is 31.8 Å². The van der Waals surface area contributed by atoms with Crippen LogP contribution in [0.25, 0.3) is 0 Å². The van der Waals surface area contributed by atoms with E-state index in [2.05, 4.69) is 10.3 Å². The van der Waals surface area contributed by atoms with Crippen LogP contribution < -0.4 is 15.8 Å². The summed E-state index contributed by atoms with van der Waals surface area (Å²) in [6.45, 7) is 8.57. The molecule has 2 aliphatic heterocycles. The molecule has 0 unspecified atom stereocenters. The second-order valence-corrected chi connectivity index (χ2v) is 11.3. The summed E-state index contributed by atoms with van der Waals surface area (Å²) in [5.74, 6) is 0.475. The van der Waals surface area contributed by atoms with Gasteiger partial charge in [-0.3, -0.25) is 0 Å². The van der Waals surface area contributed by atoms with Crippen molar-refractivity contribution < 1.29 is 22.7 Å². The summed E-state index contributed by atoms with van der Waals surface area (Å²) >= 11 is 0. The number of amides is 1. The van der Waals surface area contributed by atoms with Crippen LogP contribution in [-0.4, -0.2) is 43.1 Å². The van der Waals surface area contributed by atoms with Crippen molar-refractivity contribution in [2.45, 2.75) is 56.9 Å². The molecule has 0 bridgehead atoms. The molecule has 2 heterocycles. The maximum Gasteiger partial charge on any atom is 0.435 e. The normalized spacial score (nSPS) is 26.8. The van der Waals surface area contributed by atoms with Crippen molar-refractivity contribution in [1.82, 2.24) is 5.32 Å². The number of carbonyl (C=O) groups is 1. The predicted molar refractivity (Wildman–Crippen MR) is 107 cm³/mol. The third-order valence-corrected chi connectivity index (χ3v) is 7.67. The van der Waals surface area contributed by atoms with Crippen molar-refractivity contribution in [2.75, 3.05) is 18.1 Å². The van der Waals surface area contributed by atoms with E-state index in [1.165, 1.54) is 13.8 Å². The Labute approximate surface area is 165 Å². The molecule has 8 nitrogen and oxygen atoms in total. The number of anilines is 1. The SMILES string of the molecule is CC(C)(C)OC(=O)/N=C1\N[C@@]2(CCOc3ccc(N)cc32)CS(=O)(=O)C1(C)C. The molecule has 154 valence electrons. The standard InChI is InChI=1S/C19H27N3O5S/c1-17(2,3)27-16(23)21-15-18(4,5)28(24,25)11-19(22-15)8-9-26-14-7-6-12(20)10-13(14)19/h6-7,10H,8-9,11,20H2,1-5H3,(H,21,22,23)/t19-/m0/s1. The summed E-state index contributed by atoms with van der Waals surface area (Å²) in [4.78, 5) is 16.3. The number of sulfone groups is 1. The van der Waals surface area contributed by atoms with E-state index in [4.69, 9.17) is 15.2 Å². The molecule has 1 saturated heterocycles. The number of fused-ring (bicyclic) bond motifs is 2. The molecule has 0 aromatic heterocycles. The van der Waals surface area contributed by atoms with E-state index in [1.807, 2.05) is 0 Å². The number of rotatable bonds is 0. The number of ether oxygens (including phenoxy) is 2. The topological polar surface area (TPSA) is 120 Å². The van der Waals surface area contributed by atoms with E-state index in [-0.39, 0.29) is 11.6 Å². The average molecular weight is 410 g/mol. The first-order chi connectivity index (χ1) is 12.8. The van der Waals surface area contributed by atoms with Gasteiger partial charge in [0.2, 0.25) is 0 Å². The molecule has 1 fully saturated rings. The number of carbonyl (C=O) groups excluding carboxylic acids is 1. The van der Waals surface area contributed by atoms with Crippen LogP contribution in [0.1, 0.15) is 46.6 Å². The summed E-state index contributed by atoms with van der Waals surface area (Å²) in [5.41, 5.74) is 5.37. The number of amidine groups is 1. The van der Waals surface area contributed by atoms with Gasteiger partial charge in [0.25, 0.3) is 0 Å². The number of nitrogens with zero attached hydrogens (tertiary/aromatic N) is 1.